The molecule has 0 amide bonds. The molecule has 1 aliphatic carbocycles. The molecule has 94 valence electrons. The topological polar surface area (TPSA) is 69.6 Å². The van der Waals surface area contributed by atoms with Crippen LogP contribution in [0, 0.1) is 16.7 Å². The number of aliphatic carboxylic acids is 1. The summed E-state index contributed by atoms with van der Waals surface area (Å²) < 4.78 is 0. The van der Waals surface area contributed by atoms with E-state index in [1.54, 1.807) is 0 Å². The van der Waals surface area contributed by atoms with E-state index in [0.717, 1.165) is 6.54 Å². The van der Waals surface area contributed by atoms with E-state index in [2.05, 4.69) is 33.0 Å². The smallest absolute Gasteiger partial charge is 0.336 e. The predicted octanol–water partition coefficient (Wildman–Crippen LogP) is 1.09. The van der Waals surface area contributed by atoms with Crippen LogP contribution in [0.3, 0.4) is 0 Å². The second-order valence-corrected chi connectivity index (χ2v) is 6.21. The van der Waals surface area contributed by atoms with Crippen LogP contribution in [0.25, 0.3) is 0 Å². The standard InChI is InChI=1S/C12H23NO3/c1-10(2)8(11(10,3)4)6-13-7-12(5,16)9(14)15/h8,13,16H,6-7H2,1-5H3,(H,14,15). The Labute approximate surface area is 97.0 Å². The minimum absolute atomic E-state index is 0.0883. The van der Waals surface area contributed by atoms with Gasteiger partial charge in [0.2, 0.25) is 0 Å². The molecular formula is C12H23NO3. The summed E-state index contributed by atoms with van der Waals surface area (Å²) in [6, 6.07) is 0. The van der Waals surface area contributed by atoms with Crippen molar-refractivity contribution in [3.8, 4) is 0 Å². The number of carbonyl (C=O) groups is 1. The quantitative estimate of drug-likeness (QED) is 0.660. The number of hydrogen-bond acceptors (Lipinski definition) is 3. The van der Waals surface area contributed by atoms with Gasteiger partial charge in [0.25, 0.3) is 0 Å². The zero-order valence-electron chi connectivity index (χ0n) is 10.8. The van der Waals surface area contributed by atoms with Gasteiger partial charge in [0.05, 0.1) is 0 Å². The van der Waals surface area contributed by atoms with E-state index in [1.165, 1.54) is 6.92 Å². The van der Waals surface area contributed by atoms with Crippen LogP contribution >= 0.6 is 0 Å². The van der Waals surface area contributed by atoms with E-state index in [9.17, 15) is 9.90 Å². The van der Waals surface area contributed by atoms with Crippen LogP contribution in [-0.4, -0.2) is 34.9 Å². The van der Waals surface area contributed by atoms with Crippen LogP contribution < -0.4 is 5.32 Å². The fourth-order valence-electron chi connectivity index (χ4n) is 2.38. The number of carboxylic acid groups (broad SMARTS) is 1. The summed E-state index contributed by atoms with van der Waals surface area (Å²) in [7, 11) is 0. The molecule has 0 aromatic rings. The molecule has 1 aliphatic rings. The van der Waals surface area contributed by atoms with Crippen LogP contribution in [-0.2, 0) is 4.79 Å². The molecule has 0 aliphatic heterocycles. The molecule has 1 atom stereocenters. The lowest BCUT2D eigenvalue weighted by atomic mass is 10.0. The third-order valence-electron chi connectivity index (χ3n) is 4.60. The average Bonchev–Trinajstić information content (AvgIpc) is 2.47. The van der Waals surface area contributed by atoms with Crippen LogP contribution in [0.1, 0.15) is 34.6 Å². The second kappa shape index (κ2) is 3.70. The first-order valence-electron chi connectivity index (χ1n) is 5.70. The van der Waals surface area contributed by atoms with Crippen LogP contribution in [0.15, 0.2) is 0 Å². The minimum atomic E-state index is -1.68. The maximum atomic E-state index is 10.7. The molecule has 1 unspecified atom stereocenters. The summed E-state index contributed by atoms with van der Waals surface area (Å²) in [5.41, 5.74) is -1.10. The van der Waals surface area contributed by atoms with E-state index < -0.39 is 11.6 Å². The molecule has 3 N–H and O–H groups in total. The summed E-state index contributed by atoms with van der Waals surface area (Å²) in [6.07, 6.45) is 0. The van der Waals surface area contributed by atoms with Gasteiger partial charge < -0.3 is 15.5 Å². The highest BCUT2D eigenvalue weighted by Crippen LogP contribution is 2.67. The van der Waals surface area contributed by atoms with Crippen molar-refractivity contribution in [1.29, 1.82) is 0 Å². The van der Waals surface area contributed by atoms with E-state index in [-0.39, 0.29) is 17.4 Å². The van der Waals surface area contributed by atoms with Gasteiger partial charge in [-0.05, 0) is 30.2 Å². The van der Waals surface area contributed by atoms with Gasteiger partial charge >= 0.3 is 5.97 Å². The Balaban J connectivity index is 2.37. The Morgan fingerprint density at radius 1 is 1.31 bits per heavy atom. The normalized spacial score (nSPS) is 26.1. The van der Waals surface area contributed by atoms with Crippen LogP contribution in [0.2, 0.25) is 0 Å². The first-order valence-corrected chi connectivity index (χ1v) is 5.70. The third-order valence-corrected chi connectivity index (χ3v) is 4.60. The van der Waals surface area contributed by atoms with E-state index in [1.807, 2.05) is 0 Å². The second-order valence-electron chi connectivity index (χ2n) is 6.21. The van der Waals surface area contributed by atoms with E-state index >= 15 is 0 Å². The van der Waals surface area contributed by atoms with Gasteiger partial charge in [-0.3, -0.25) is 0 Å². The summed E-state index contributed by atoms with van der Waals surface area (Å²) in [5.74, 6) is -0.654. The van der Waals surface area contributed by atoms with Crippen molar-refractivity contribution in [3.05, 3.63) is 0 Å². The Bertz CT molecular complexity index is 281. The maximum absolute atomic E-state index is 10.7. The molecule has 0 radical (unpaired) electrons. The monoisotopic (exact) mass is 229 g/mol. The summed E-state index contributed by atoms with van der Waals surface area (Å²) in [5, 5.41) is 21.3. The SMILES string of the molecule is CC(O)(CNCC1C(C)(C)C1(C)C)C(=O)O. The van der Waals surface area contributed by atoms with Crippen LogP contribution in [0.4, 0.5) is 0 Å². The third kappa shape index (κ3) is 2.09. The molecule has 1 rings (SSSR count). The first kappa shape index (κ1) is 13.5. The molecular weight excluding hydrogens is 206 g/mol. The number of hydrogen-bond donors (Lipinski definition) is 3. The van der Waals surface area contributed by atoms with Crippen molar-refractivity contribution in [2.24, 2.45) is 16.7 Å². The molecule has 0 aromatic heterocycles. The van der Waals surface area contributed by atoms with Crippen molar-refractivity contribution in [2.45, 2.75) is 40.2 Å². The van der Waals surface area contributed by atoms with Crippen molar-refractivity contribution in [2.75, 3.05) is 13.1 Å². The van der Waals surface area contributed by atoms with Gasteiger partial charge in [-0.1, -0.05) is 27.7 Å². The van der Waals surface area contributed by atoms with Crippen molar-refractivity contribution >= 4 is 5.97 Å². The van der Waals surface area contributed by atoms with E-state index in [0.29, 0.717) is 5.92 Å². The average molecular weight is 229 g/mol. The first-order chi connectivity index (χ1) is 7.03. The lowest BCUT2D eigenvalue weighted by molar-refractivity contribution is -0.156. The molecule has 0 aromatic carbocycles. The predicted molar refractivity (Wildman–Crippen MR) is 62.2 cm³/mol. The number of aliphatic hydroxyl groups is 1. The highest BCUT2D eigenvalue weighted by molar-refractivity contribution is 5.76. The highest BCUT2D eigenvalue weighted by Gasteiger charge is 2.63. The van der Waals surface area contributed by atoms with Gasteiger partial charge in [0.15, 0.2) is 5.60 Å². The molecule has 4 nitrogen and oxygen atoms in total. The molecule has 1 fully saturated rings. The van der Waals surface area contributed by atoms with Crippen molar-refractivity contribution < 1.29 is 15.0 Å². The highest BCUT2D eigenvalue weighted by atomic mass is 16.4. The molecule has 0 spiro atoms. The van der Waals surface area contributed by atoms with Gasteiger partial charge in [0.1, 0.15) is 0 Å². The summed E-state index contributed by atoms with van der Waals surface area (Å²) in [4.78, 5) is 10.7. The Hall–Kier alpha value is -0.610. The van der Waals surface area contributed by atoms with Crippen LogP contribution in [0.5, 0.6) is 0 Å². The van der Waals surface area contributed by atoms with Gasteiger partial charge in [-0.15, -0.1) is 0 Å². The number of rotatable bonds is 5. The fraction of sp³-hybridized carbons (Fsp3) is 0.917. The minimum Gasteiger partial charge on any atom is -0.479 e. The van der Waals surface area contributed by atoms with Gasteiger partial charge in [0, 0.05) is 6.54 Å². The number of carboxylic acids is 1. The number of nitrogens with one attached hydrogen (secondary N) is 1. The Kier molecular flexibility index (Phi) is 3.12. The molecule has 4 heteroatoms. The summed E-state index contributed by atoms with van der Waals surface area (Å²) >= 11 is 0. The Morgan fingerprint density at radius 3 is 2.06 bits per heavy atom. The molecule has 0 bridgehead atoms. The molecule has 0 heterocycles. The zero-order valence-corrected chi connectivity index (χ0v) is 10.8. The van der Waals surface area contributed by atoms with Crippen molar-refractivity contribution in [1.82, 2.24) is 5.32 Å². The van der Waals surface area contributed by atoms with Crippen molar-refractivity contribution in [3.63, 3.8) is 0 Å². The van der Waals surface area contributed by atoms with E-state index in [4.69, 9.17) is 5.11 Å². The summed E-state index contributed by atoms with van der Waals surface area (Å²) in [6.45, 7) is 11.0. The zero-order chi connectivity index (χ0) is 12.8. The lowest BCUT2D eigenvalue weighted by Crippen LogP contribution is -2.45. The Morgan fingerprint density at radius 2 is 1.75 bits per heavy atom. The largest absolute Gasteiger partial charge is 0.479 e. The molecule has 16 heavy (non-hydrogen) atoms. The maximum Gasteiger partial charge on any atom is 0.336 e. The lowest BCUT2D eigenvalue weighted by Gasteiger charge is -2.18. The molecule has 1 saturated carbocycles. The molecule has 0 saturated heterocycles. The van der Waals surface area contributed by atoms with Gasteiger partial charge in [-0.2, -0.15) is 0 Å². The fourth-order valence-corrected chi connectivity index (χ4v) is 2.38. The van der Waals surface area contributed by atoms with Gasteiger partial charge in [-0.25, -0.2) is 4.79 Å².